The second kappa shape index (κ2) is 8.19. The van der Waals surface area contributed by atoms with Gasteiger partial charge in [0, 0.05) is 46.8 Å². The van der Waals surface area contributed by atoms with E-state index in [1.165, 1.54) is 0 Å². The number of benzene rings is 3. The third-order valence-electron chi connectivity index (χ3n) is 6.49. The number of nitrogens with one attached hydrogen (secondary N) is 1. The second-order valence-corrected chi connectivity index (χ2v) is 9.47. The highest BCUT2D eigenvalue weighted by molar-refractivity contribution is 9.10. The quantitative estimate of drug-likeness (QED) is 0.385. The molecule has 1 aliphatic rings. The smallest absolute Gasteiger partial charge is 0.254 e. The van der Waals surface area contributed by atoms with Crippen LogP contribution in [0.15, 0.2) is 77.4 Å². The molecule has 4 aromatic rings. The summed E-state index contributed by atoms with van der Waals surface area (Å²) < 4.78 is 2.88. The number of anilines is 1. The number of carbonyl (C=O) groups is 2. The van der Waals surface area contributed by atoms with Gasteiger partial charge in [0.25, 0.3) is 5.91 Å². The van der Waals surface area contributed by atoms with Crippen LogP contribution < -0.4 is 5.32 Å². The molecule has 2 atom stereocenters. The normalized spacial score (nSPS) is 17.8. The molecule has 1 N–H and O–H groups in total. The zero-order valence-corrected chi connectivity index (χ0v) is 20.3. The van der Waals surface area contributed by atoms with E-state index in [1.54, 1.807) is 18.0 Å². The van der Waals surface area contributed by atoms with Crippen LogP contribution in [0.5, 0.6) is 0 Å². The summed E-state index contributed by atoms with van der Waals surface area (Å²) in [4.78, 5) is 28.9. The minimum absolute atomic E-state index is 0.0795. The fourth-order valence-corrected chi connectivity index (χ4v) is 5.48. The van der Waals surface area contributed by atoms with Gasteiger partial charge in [0.15, 0.2) is 0 Å². The molecule has 0 unspecified atom stereocenters. The van der Waals surface area contributed by atoms with E-state index < -0.39 is 12.0 Å². The Hall–Kier alpha value is -3.38. The van der Waals surface area contributed by atoms with E-state index in [1.807, 2.05) is 68.7 Å². The number of likely N-dealkylation sites (N-methyl/N-ethyl adjacent to an activating group) is 1. The molecule has 1 aromatic heterocycles. The van der Waals surface area contributed by atoms with Gasteiger partial charge in [-0.25, -0.2) is 0 Å². The van der Waals surface area contributed by atoms with Crippen molar-refractivity contribution in [1.82, 2.24) is 9.47 Å². The van der Waals surface area contributed by atoms with Crippen molar-refractivity contribution in [2.75, 3.05) is 12.4 Å². The van der Waals surface area contributed by atoms with Gasteiger partial charge in [-0.1, -0.05) is 42.5 Å². The molecule has 1 aliphatic heterocycles. The molecule has 3 aromatic carbocycles. The predicted octanol–water partition coefficient (Wildman–Crippen LogP) is 5.80. The largest absolute Gasteiger partial charge is 0.350 e. The number of para-hydroxylation sites is 1. The number of carbonyl (C=O) groups excluding carboxylic acids is 2. The monoisotopic (exact) mass is 501 g/mol. The van der Waals surface area contributed by atoms with Crippen molar-refractivity contribution >= 4 is 44.3 Å². The minimum atomic E-state index is -0.567. The van der Waals surface area contributed by atoms with Crippen LogP contribution in [0.25, 0.3) is 10.9 Å². The molecule has 5 nitrogen and oxygen atoms in total. The van der Waals surface area contributed by atoms with Crippen LogP contribution in [-0.2, 0) is 11.8 Å². The number of rotatable bonds is 3. The first-order valence-corrected chi connectivity index (χ1v) is 11.6. The lowest BCUT2D eigenvalue weighted by Gasteiger charge is -2.39. The fourth-order valence-electron chi connectivity index (χ4n) is 4.89. The van der Waals surface area contributed by atoms with E-state index in [4.69, 9.17) is 0 Å². The van der Waals surface area contributed by atoms with Crippen molar-refractivity contribution in [1.29, 1.82) is 0 Å². The molecule has 2 heterocycles. The Kier molecular flexibility index (Phi) is 5.33. The first kappa shape index (κ1) is 21.5. The molecule has 0 bridgehead atoms. The van der Waals surface area contributed by atoms with Crippen LogP contribution in [0.4, 0.5) is 5.69 Å². The Morgan fingerprint density at radius 2 is 1.70 bits per heavy atom. The maximum atomic E-state index is 13.9. The van der Waals surface area contributed by atoms with Crippen LogP contribution in [0.3, 0.4) is 0 Å². The molecule has 0 spiro atoms. The lowest BCUT2D eigenvalue weighted by molar-refractivity contribution is -0.119. The topological polar surface area (TPSA) is 54.3 Å². The first-order valence-electron chi connectivity index (χ1n) is 10.8. The summed E-state index contributed by atoms with van der Waals surface area (Å²) in [5.74, 6) is -0.795. The van der Waals surface area contributed by atoms with E-state index >= 15 is 0 Å². The number of nitrogens with zero attached hydrogens (tertiary/aromatic N) is 2. The zero-order chi connectivity index (χ0) is 23.3. The second-order valence-electron chi connectivity index (χ2n) is 8.61. The highest BCUT2D eigenvalue weighted by Crippen LogP contribution is 2.45. The van der Waals surface area contributed by atoms with Gasteiger partial charge in [-0.2, -0.15) is 0 Å². The summed E-state index contributed by atoms with van der Waals surface area (Å²) in [6, 6.07) is 20.9. The Morgan fingerprint density at radius 3 is 2.48 bits per heavy atom. The Labute approximate surface area is 201 Å². The standard InChI is InChI=1S/C27H24BrN3O2/c1-16-12-13-22(21(28)14-16)29-26(32)24-18-9-4-5-10-19(18)27(33)31(3)25(24)20-15-30(2)23-11-7-6-8-17(20)23/h4-15,24-25H,1-3H3,(H,29,32)/t24-,25+/m1/s1. The molecule has 6 heteroatoms. The van der Waals surface area contributed by atoms with Crippen molar-refractivity contribution in [3.63, 3.8) is 0 Å². The Morgan fingerprint density at radius 1 is 0.970 bits per heavy atom. The maximum absolute atomic E-state index is 13.9. The summed E-state index contributed by atoms with van der Waals surface area (Å²) in [5.41, 5.74) is 5.15. The molecule has 0 saturated carbocycles. The van der Waals surface area contributed by atoms with Gasteiger partial charge in [0.2, 0.25) is 5.91 Å². The van der Waals surface area contributed by atoms with E-state index in [-0.39, 0.29) is 11.8 Å². The summed E-state index contributed by atoms with van der Waals surface area (Å²) in [6.45, 7) is 2.00. The number of hydrogen-bond acceptors (Lipinski definition) is 2. The Bertz CT molecular complexity index is 1410. The summed E-state index contributed by atoms with van der Waals surface area (Å²) >= 11 is 3.57. The maximum Gasteiger partial charge on any atom is 0.254 e. The molecule has 0 fully saturated rings. The molecule has 0 saturated heterocycles. The number of fused-ring (bicyclic) bond motifs is 2. The molecule has 2 amide bonds. The number of hydrogen-bond donors (Lipinski definition) is 1. The average Bonchev–Trinajstić information content (AvgIpc) is 3.14. The van der Waals surface area contributed by atoms with Gasteiger partial charge < -0.3 is 14.8 Å². The third kappa shape index (κ3) is 3.55. The predicted molar refractivity (Wildman–Crippen MR) is 134 cm³/mol. The first-order chi connectivity index (χ1) is 15.9. The van der Waals surface area contributed by atoms with Crippen molar-refractivity contribution < 1.29 is 9.59 Å². The molecule has 0 radical (unpaired) electrons. The van der Waals surface area contributed by atoms with Crippen LogP contribution in [0.1, 0.15) is 39.0 Å². The van der Waals surface area contributed by atoms with Crippen molar-refractivity contribution in [3.05, 3.63) is 99.7 Å². The fraction of sp³-hybridized carbons (Fsp3) is 0.185. The number of aryl methyl sites for hydroxylation is 2. The van der Waals surface area contributed by atoms with Crippen molar-refractivity contribution in [3.8, 4) is 0 Å². The molecule has 166 valence electrons. The number of aromatic nitrogens is 1. The van der Waals surface area contributed by atoms with Crippen LogP contribution in [0, 0.1) is 6.92 Å². The van der Waals surface area contributed by atoms with Crippen molar-refractivity contribution in [2.24, 2.45) is 7.05 Å². The van der Waals surface area contributed by atoms with Gasteiger partial charge in [0.1, 0.15) is 0 Å². The van der Waals surface area contributed by atoms with Crippen LogP contribution in [-0.4, -0.2) is 28.3 Å². The van der Waals surface area contributed by atoms with E-state index in [0.29, 0.717) is 11.3 Å². The summed E-state index contributed by atoms with van der Waals surface area (Å²) in [5, 5.41) is 4.15. The third-order valence-corrected chi connectivity index (χ3v) is 7.15. The van der Waals surface area contributed by atoms with E-state index in [9.17, 15) is 9.59 Å². The van der Waals surface area contributed by atoms with Crippen LogP contribution in [0.2, 0.25) is 0 Å². The van der Waals surface area contributed by atoms with Gasteiger partial charge in [-0.05, 0) is 58.2 Å². The molecule has 33 heavy (non-hydrogen) atoms. The van der Waals surface area contributed by atoms with Crippen LogP contribution >= 0.6 is 15.9 Å². The van der Waals surface area contributed by atoms with Gasteiger partial charge >= 0.3 is 0 Å². The molecular formula is C27H24BrN3O2. The SMILES string of the molecule is Cc1ccc(NC(=O)[C@@H]2c3ccccc3C(=O)N(C)[C@H]2c2cn(C)c3ccccc23)c(Br)c1. The average molecular weight is 502 g/mol. The Balaban J connectivity index is 1.67. The lowest BCUT2D eigenvalue weighted by Crippen LogP contribution is -2.44. The van der Waals surface area contributed by atoms with Crippen molar-refractivity contribution in [2.45, 2.75) is 18.9 Å². The zero-order valence-electron chi connectivity index (χ0n) is 18.7. The molecular weight excluding hydrogens is 478 g/mol. The molecule has 5 rings (SSSR count). The highest BCUT2D eigenvalue weighted by Gasteiger charge is 2.43. The van der Waals surface area contributed by atoms with Gasteiger partial charge in [-0.3, -0.25) is 9.59 Å². The number of halogens is 1. The minimum Gasteiger partial charge on any atom is -0.350 e. The summed E-state index contributed by atoms with van der Waals surface area (Å²) in [6.07, 6.45) is 2.04. The van der Waals surface area contributed by atoms with E-state index in [2.05, 4.69) is 37.9 Å². The highest BCUT2D eigenvalue weighted by atomic mass is 79.9. The lowest BCUT2D eigenvalue weighted by atomic mass is 9.79. The molecule has 0 aliphatic carbocycles. The van der Waals surface area contributed by atoms with Gasteiger partial charge in [-0.15, -0.1) is 0 Å². The summed E-state index contributed by atoms with van der Waals surface area (Å²) in [7, 11) is 3.77. The van der Waals surface area contributed by atoms with E-state index in [0.717, 1.165) is 32.1 Å². The van der Waals surface area contributed by atoms with Gasteiger partial charge in [0.05, 0.1) is 17.6 Å². The number of amides is 2.